The summed E-state index contributed by atoms with van der Waals surface area (Å²) in [5, 5.41) is 5.23. The van der Waals surface area contributed by atoms with Crippen LogP contribution in [-0.2, 0) is 6.54 Å². The lowest BCUT2D eigenvalue weighted by Gasteiger charge is -2.17. The molecule has 0 spiro atoms. The van der Waals surface area contributed by atoms with E-state index in [4.69, 9.17) is 0 Å². The van der Waals surface area contributed by atoms with Crippen LogP contribution in [0.3, 0.4) is 0 Å². The molecule has 0 saturated carbocycles. The van der Waals surface area contributed by atoms with Gasteiger partial charge in [-0.3, -0.25) is 14.6 Å². The first-order valence-electron chi connectivity index (χ1n) is 9.10. The summed E-state index contributed by atoms with van der Waals surface area (Å²) in [6, 6.07) is 14.9. The Morgan fingerprint density at radius 3 is 2.50 bits per heavy atom. The molecule has 3 rings (SSSR count). The first-order chi connectivity index (χ1) is 13.5. The van der Waals surface area contributed by atoms with Gasteiger partial charge in [0.25, 0.3) is 11.8 Å². The zero-order chi connectivity index (χ0) is 20.1. The minimum atomic E-state index is -0.223. The van der Waals surface area contributed by atoms with Crippen molar-refractivity contribution in [1.82, 2.24) is 9.88 Å². The van der Waals surface area contributed by atoms with Crippen LogP contribution >= 0.6 is 11.3 Å². The van der Waals surface area contributed by atoms with Crippen LogP contribution < -0.4 is 5.32 Å². The Morgan fingerprint density at radius 1 is 1.11 bits per heavy atom. The normalized spacial score (nSPS) is 10.7. The van der Waals surface area contributed by atoms with Gasteiger partial charge in [-0.05, 0) is 47.2 Å². The first kappa shape index (κ1) is 19.8. The van der Waals surface area contributed by atoms with Gasteiger partial charge in [0.2, 0.25) is 0 Å². The number of amides is 2. The van der Waals surface area contributed by atoms with Gasteiger partial charge in [0.1, 0.15) is 5.00 Å². The second-order valence-electron chi connectivity index (χ2n) is 6.88. The van der Waals surface area contributed by atoms with Gasteiger partial charge in [0.05, 0.1) is 17.8 Å². The summed E-state index contributed by atoms with van der Waals surface area (Å²) in [5.74, 6) is 0.0322. The topological polar surface area (TPSA) is 62.3 Å². The largest absolute Gasteiger partial charge is 0.336 e. The molecule has 3 aromatic rings. The maximum atomic E-state index is 12.8. The Morgan fingerprint density at radius 2 is 1.86 bits per heavy atom. The third kappa shape index (κ3) is 4.64. The van der Waals surface area contributed by atoms with E-state index < -0.39 is 0 Å². The third-order valence-corrected chi connectivity index (χ3v) is 5.26. The van der Waals surface area contributed by atoms with E-state index in [9.17, 15) is 9.59 Å². The number of rotatable bonds is 6. The number of nitrogens with one attached hydrogen (secondary N) is 1. The summed E-state index contributed by atoms with van der Waals surface area (Å²) in [4.78, 5) is 31.3. The van der Waals surface area contributed by atoms with Crippen LogP contribution in [0.2, 0.25) is 0 Å². The summed E-state index contributed by atoms with van der Waals surface area (Å²) < 4.78 is 0. The van der Waals surface area contributed by atoms with Crippen molar-refractivity contribution in [2.75, 3.05) is 12.4 Å². The number of benzene rings is 1. The summed E-state index contributed by atoms with van der Waals surface area (Å²) >= 11 is 1.34. The van der Waals surface area contributed by atoms with Gasteiger partial charge >= 0.3 is 0 Å². The number of carbonyl (C=O) groups excluding carboxylic acids is 2. The first-order valence-corrected chi connectivity index (χ1v) is 9.98. The highest BCUT2D eigenvalue weighted by Gasteiger charge is 2.19. The number of nitrogens with zero attached hydrogens (tertiary/aromatic N) is 2. The molecule has 28 heavy (non-hydrogen) atoms. The second-order valence-corrected chi connectivity index (χ2v) is 7.79. The molecule has 0 fully saturated rings. The predicted molar refractivity (Wildman–Crippen MR) is 113 cm³/mol. The quantitative estimate of drug-likeness (QED) is 0.655. The van der Waals surface area contributed by atoms with Gasteiger partial charge in [-0.2, -0.15) is 0 Å². The van der Waals surface area contributed by atoms with Crippen molar-refractivity contribution in [3.8, 4) is 0 Å². The van der Waals surface area contributed by atoms with Gasteiger partial charge in [-0.25, -0.2) is 0 Å². The van der Waals surface area contributed by atoms with Gasteiger partial charge in [-0.1, -0.05) is 32.0 Å². The van der Waals surface area contributed by atoms with Crippen LogP contribution in [-0.4, -0.2) is 28.7 Å². The minimum absolute atomic E-state index is 0.155. The van der Waals surface area contributed by atoms with E-state index >= 15 is 0 Å². The highest BCUT2D eigenvalue weighted by atomic mass is 32.1. The summed E-state index contributed by atoms with van der Waals surface area (Å²) in [6.07, 6.45) is 1.70. The zero-order valence-corrected chi connectivity index (χ0v) is 17.0. The molecule has 1 N–H and O–H groups in total. The van der Waals surface area contributed by atoms with Gasteiger partial charge in [0, 0.05) is 18.8 Å². The molecular weight excluding hydrogens is 370 g/mol. The number of anilines is 1. The molecule has 2 heterocycles. The molecule has 0 atom stereocenters. The monoisotopic (exact) mass is 393 g/mol. The Kier molecular flexibility index (Phi) is 6.21. The van der Waals surface area contributed by atoms with Crippen molar-refractivity contribution in [3.05, 3.63) is 82.5 Å². The molecule has 0 radical (unpaired) electrons. The average Bonchev–Trinajstić information content (AvgIpc) is 3.16. The lowest BCUT2D eigenvalue weighted by Crippen LogP contribution is -2.27. The Hall–Kier alpha value is -2.99. The Bertz CT molecular complexity index is 949. The molecule has 0 unspecified atom stereocenters. The molecule has 0 aliphatic rings. The van der Waals surface area contributed by atoms with Gasteiger partial charge in [0.15, 0.2) is 0 Å². The van der Waals surface area contributed by atoms with E-state index in [0.717, 1.165) is 5.69 Å². The third-order valence-electron chi connectivity index (χ3n) is 4.43. The van der Waals surface area contributed by atoms with Gasteiger partial charge in [-0.15, -0.1) is 11.3 Å². The van der Waals surface area contributed by atoms with Crippen molar-refractivity contribution >= 4 is 28.2 Å². The van der Waals surface area contributed by atoms with Gasteiger partial charge < -0.3 is 10.2 Å². The van der Waals surface area contributed by atoms with Crippen molar-refractivity contribution in [2.24, 2.45) is 0 Å². The standard InChI is InChI=1S/C22H23N3O2S/c1-15(2)16-7-9-17(10-8-16)20(26)24-21-19(11-13-28-21)22(27)25(3)14-18-6-4-5-12-23-18/h4-13,15H,14H2,1-3H3,(H,24,26). The smallest absolute Gasteiger partial charge is 0.256 e. The predicted octanol–water partition coefficient (Wildman–Crippen LogP) is 4.79. The number of thiophene rings is 1. The van der Waals surface area contributed by atoms with E-state index in [0.29, 0.717) is 28.6 Å². The fraction of sp³-hybridized carbons (Fsp3) is 0.227. The summed E-state index contributed by atoms with van der Waals surface area (Å²) in [7, 11) is 1.73. The summed E-state index contributed by atoms with van der Waals surface area (Å²) in [6.45, 7) is 4.62. The molecular formula is C22H23N3O2S. The van der Waals surface area contributed by atoms with Crippen LogP contribution in [0, 0.1) is 0 Å². The van der Waals surface area contributed by atoms with E-state index in [-0.39, 0.29) is 11.8 Å². The average molecular weight is 394 g/mol. The molecule has 5 nitrogen and oxygen atoms in total. The van der Waals surface area contributed by atoms with Crippen LogP contribution in [0.5, 0.6) is 0 Å². The lowest BCUT2D eigenvalue weighted by molar-refractivity contribution is 0.0785. The number of pyridine rings is 1. The van der Waals surface area contributed by atoms with E-state index in [1.807, 2.05) is 42.5 Å². The molecule has 0 aliphatic carbocycles. The van der Waals surface area contributed by atoms with E-state index in [1.54, 1.807) is 29.6 Å². The molecule has 0 aliphatic heterocycles. The molecule has 144 valence electrons. The van der Waals surface area contributed by atoms with Crippen LogP contribution in [0.1, 0.15) is 51.7 Å². The molecule has 1 aromatic carbocycles. The van der Waals surface area contributed by atoms with Crippen LogP contribution in [0.15, 0.2) is 60.1 Å². The maximum Gasteiger partial charge on any atom is 0.256 e. The zero-order valence-electron chi connectivity index (χ0n) is 16.2. The van der Waals surface area contributed by atoms with E-state index in [1.165, 1.54) is 16.9 Å². The number of hydrogen-bond donors (Lipinski definition) is 1. The molecule has 6 heteroatoms. The molecule has 0 bridgehead atoms. The van der Waals surface area contributed by atoms with Crippen molar-refractivity contribution in [1.29, 1.82) is 0 Å². The molecule has 0 saturated heterocycles. The number of carbonyl (C=O) groups is 2. The Balaban J connectivity index is 1.70. The van der Waals surface area contributed by atoms with Crippen LogP contribution in [0.25, 0.3) is 0 Å². The molecule has 2 amide bonds. The highest BCUT2D eigenvalue weighted by molar-refractivity contribution is 7.14. The second kappa shape index (κ2) is 8.80. The lowest BCUT2D eigenvalue weighted by atomic mass is 10.0. The van der Waals surface area contributed by atoms with E-state index in [2.05, 4.69) is 24.1 Å². The maximum absolute atomic E-state index is 12.8. The number of aromatic nitrogens is 1. The molecule has 2 aromatic heterocycles. The fourth-order valence-corrected chi connectivity index (χ4v) is 3.56. The van der Waals surface area contributed by atoms with Crippen LogP contribution in [0.4, 0.5) is 5.00 Å². The van der Waals surface area contributed by atoms with Crippen molar-refractivity contribution < 1.29 is 9.59 Å². The fourth-order valence-electron chi connectivity index (χ4n) is 2.78. The number of hydrogen-bond acceptors (Lipinski definition) is 4. The Labute approximate surface area is 169 Å². The van der Waals surface area contributed by atoms with Crippen molar-refractivity contribution in [2.45, 2.75) is 26.3 Å². The SMILES string of the molecule is CC(C)c1ccc(C(=O)Nc2sccc2C(=O)N(C)Cc2ccccn2)cc1. The highest BCUT2D eigenvalue weighted by Crippen LogP contribution is 2.26. The minimum Gasteiger partial charge on any atom is -0.336 e. The summed E-state index contributed by atoms with van der Waals surface area (Å²) in [5.41, 5.74) is 3.04. The van der Waals surface area contributed by atoms with Crippen molar-refractivity contribution in [3.63, 3.8) is 0 Å².